The van der Waals surface area contributed by atoms with Gasteiger partial charge in [0.25, 0.3) is 0 Å². The molecule has 0 aliphatic carbocycles. The van der Waals surface area contributed by atoms with E-state index in [-0.39, 0.29) is 23.9 Å². The van der Waals surface area contributed by atoms with Gasteiger partial charge in [-0.1, -0.05) is 23.2 Å². The molecule has 2 aromatic carbocycles. The molecule has 0 atom stereocenters. The molecule has 0 bridgehead atoms. The van der Waals surface area contributed by atoms with Crippen molar-refractivity contribution in [1.29, 1.82) is 0 Å². The number of benzene rings is 2. The van der Waals surface area contributed by atoms with Crippen molar-refractivity contribution in [2.24, 2.45) is 0 Å². The van der Waals surface area contributed by atoms with Crippen molar-refractivity contribution >= 4 is 34.8 Å². The maximum absolute atomic E-state index is 12.5. The fourth-order valence-electron chi connectivity index (χ4n) is 2.26. The van der Waals surface area contributed by atoms with Gasteiger partial charge in [0.1, 0.15) is 0 Å². The van der Waals surface area contributed by atoms with Crippen molar-refractivity contribution < 1.29 is 9.59 Å². The summed E-state index contributed by atoms with van der Waals surface area (Å²) >= 11 is 11.7. The summed E-state index contributed by atoms with van der Waals surface area (Å²) in [4.78, 5) is 29.0. The van der Waals surface area contributed by atoms with Gasteiger partial charge in [-0.15, -0.1) is 0 Å². The summed E-state index contributed by atoms with van der Waals surface area (Å²) in [6.07, 6.45) is 3.11. The second-order valence-corrected chi connectivity index (χ2v) is 6.02. The first kappa shape index (κ1) is 16.4. The van der Waals surface area contributed by atoms with E-state index in [1.807, 2.05) is 0 Å². The smallest absolute Gasteiger partial charge is 0.228 e. The van der Waals surface area contributed by atoms with Crippen molar-refractivity contribution in [1.82, 2.24) is 9.55 Å². The third-order valence-electron chi connectivity index (χ3n) is 3.51. The van der Waals surface area contributed by atoms with E-state index in [1.165, 1.54) is 10.8 Å². The van der Waals surface area contributed by atoms with Gasteiger partial charge in [0.15, 0.2) is 11.6 Å². The largest absolute Gasteiger partial charge is 0.320 e. The van der Waals surface area contributed by atoms with E-state index in [0.29, 0.717) is 21.2 Å². The lowest BCUT2D eigenvalue weighted by molar-refractivity contribution is 0.0967. The molecule has 120 valence electrons. The summed E-state index contributed by atoms with van der Waals surface area (Å²) < 4.78 is 1.54. The Morgan fingerprint density at radius 2 is 1.42 bits per heavy atom. The van der Waals surface area contributed by atoms with E-state index in [4.69, 9.17) is 23.2 Å². The molecule has 1 aromatic heterocycles. The summed E-state index contributed by atoms with van der Waals surface area (Å²) in [6, 6.07) is 13.2. The molecule has 0 fully saturated rings. The van der Waals surface area contributed by atoms with Crippen LogP contribution in [-0.2, 0) is 6.54 Å². The number of imidazole rings is 1. The van der Waals surface area contributed by atoms with Crippen molar-refractivity contribution in [3.8, 4) is 0 Å². The van der Waals surface area contributed by atoms with Gasteiger partial charge in [0.05, 0.1) is 6.54 Å². The normalized spacial score (nSPS) is 10.6. The van der Waals surface area contributed by atoms with Gasteiger partial charge in [-0.2, -0.15) is 0 Å². The summed E-state index contributed by atoms with van der Waals surface area (Å²) in [7, 11) is 0. The summed E-state index contributed by atoms with van der Waals surface area (Å²) in [5.41, 5.74) is 0.990. The Morgan fingerprint density at radius 1 is 0.875 bits per heavy atom. The number of halogens is 2. The minimum atomic E-state index is -0.263. The molecule has 0 saturated heterocycles. The molecule has 1 heterocycles. The number of hydrogen-bond acceptors (Lipinski definition) is 3. The Hall–Kier alpha value is -2.43. The summed E-state index contributed by atoms with van der Waals surface area (Å²) in [5.74, 6) is -0.185. The van der Waals surface area contributed by atoms with E-state index >= 15 is 0 Å². The summed E-state index contributed by atoms with van der Waals surface area (Å²) in [6.45, 7) is 0.0241. The zero-order valence-electron chi connectivity index (χ0n) is 12.4. The molecule has 0 spiro atoms. The molecular weight excluding hydrogens is 347 g/mol. The van der Waals surface area contributed by atoms with Crippen LogP contribution < -0.4 is 0 Å². The van der Waals surface area contributed by atoms with E-state index in [2.05, 4.69) is 4.98 Å². The number of ketones is 2. The van der Waals surface area contributed by atoms with Crippen LogP contribution in [0.3, 0.4) is 0 Å². The van der Waals surface area contributed by atoms with Crippen LogP contribution in [0.15, 0.2) is 60.9 Å². The lowest BCUT2D eigenvalue weighted by Crippen LogP contribution is -2.16. The Morgan fingerprint density at radius 3 is 2.00 bits per heavy atom. The van der Waals surface area contributed by atoms with Gasteiger partial charge < -0.3 is 4.57 Å². The molecule has 0 unspecified atom stereocenters. The van der Waals surface area contributed by atoms with Gasteiger partial charge in [-0.05, 0) is 48.5 Å². The van der Waals surface area contributed by atoms with Crippen molar-refractivity contribution in [2.75, 3.05) is 0 Å². The van der Waals surface area contributed by atoms with Gasteiger partial charge in [0.2, 0.25) is 5.78 Å². The van der Waals surface area contributed by atoms with Crippen LogP contribution in [0, 0.1) is 0 Å². The second-order valence-electron chi connectivity index (χ2n) is 5.14. The van der Waals surface area contributed by atoms with E-state index in [9.17, 15) is 9.59 Å². The first-order valence-electron chi connectivity index (χ1n) is 7.15. The molecule has 0 saturated carbocycles. The monoisotopic (exact) mass is 358 g/mol. The van der Waals surface area contributed by atoms with Gasteiger partial charge >= 0.3 is 0 Å². The van der Waals surface area contributed by atoms with Crippen molar-refractivity contribution in [3.05, 3.63) is 87.9 Å². The predicted octanol–water partition coefficient (Wildman–Crippen LogP) is 4.30. The molecule has 3 rings (SSSR count). The molecule has 3 aromatic rings. The Kier molecular flexibility index (Phi) is 4.79. The third-order valence-corrected chi connectivity index (χ3v) is 4.01. The molecule has 0 amide bonds. The zero-order chi connectivity index (χ0) is 17.1. The fraction of sp³-hybridized carbons (Fsp3) is 0.0556. The lowest BCUT2D eigenvalue weighted by Gasteiger charge is -2.07. The maximum atomic E-state index is 12.5. The van der Waals surface area contributed by atoms with Gasteiger partial charge in [-0.25, -0.2) is 4.98 Å². The lowest BCUT2D eigenvalue weighted by atomic mass is 10.1. The minimum absolute atomic E-state index is 0.0241. The first-order chi connectivity index (χ1) is 11.5. The highest BCUT2D eigenvalue weighted by molar-refractivity contribution is 6.31. The second kappa shape index (κ2) is 6.99. The number of carbonyl (C=O) groups is 2. The topological polar surface area (TPSA) is 52.0 Å². The van der Waals surface area contributed by atoms with E-state index < -0.39 is 0 Å². The van der Waals surface area contributed by atoms with Crippen molar-refractivity contribution in [3.63, 3.8) is 0 Å². The van der Waals surface area contributed by atoms with Crippen LogP contribution >= 0.6 is 23.2 Å². The SMILES string of the molecule is O=C(Cn1ccnc1C(=O)c1ccc(Cl)cc1)c1ccc(Cl)cc1. The number of nitrogens with zero attached hydrogens (tertiary/aromatic N) is 2. The molecule has 0 aliphatic rings. The third kappa shape index (κ3) is 3.55. The van der Waals surface area contributed by atoms with Gasteiger partial charge in [0, 0.05) is 33.6 Å². The van der Waals surface area contributed by atoms with Crippen LogP contribution in [0.1, 0.15) is 26.5 Å². The highest BCUT2D eigenvalue weighted by atomic mass is 35.5. The number of aromatic nitrogens is 2. The Bertz CT molecular complexity index is 884. The number of Topliss-reactive ketones (excluding diaryl/α,β-unsaturated/α-hetero) is 1. The van der Waals surface area contributed by atoms with Gasteiger partial charge in [-0.3, -0.25) is 9.59 Å². The van der Waals surface area contributed by atoms with Crippen LogP contribution in [0.5, 0.6) is 0 Å². The quantitative estimate of drug-likeness (QED) is 0.638. The van der Waals surface area contributed by atoms with Crippen LogP contribution in [-0.4, -0.2) is 21.1 Å². The number of hydrogen-bond donors (Lipinski definition) is 0. The maximum Gasteiger partial charge on any atom is 0.228 e. The zero-order valence-corrected chi connectivity index (χ0v) is 14.0. The molecule has 4 nitrogen and oxygen atoms in total. The Balaban J connectivity index is 1.82. The average Bonchev–Trinajstić information content (AvgIpc) is 3.03. The van der Waals surface area contributed by atoms with Crippen LogP contribution in [0.25, 0.3) is 0 Å². The molecule has 24 heavy (non-hydrogen) atoms. The molecule has 0 radical (unpaired) electrons. The van der Waals surface area contributed by atoms with E-state index in [0.717, 1.165) is 0 Å². The van der Waals surface area contributed by atoms with Crippen LogP contribution in [0.2, 0.25) is 10.0 Å². The molecule has 0 N–H and O–H groups in total. The predicted molar refractivity (Wildman–Crippen MR) is 92.9 cm³/mol. The number of rotatable bonds is 5. The van der Waals surface area contributed by atoms with Crippen LogP contribution in [0.4, 0.5) is 0 Å². The first-order valence-corrected chi connectivity index (χ1v) is 7.90. The standard InChI is InChI=1S/C18H12Cl2N2O2/c19-14-5-1-12(2-6-14)16(23)11-22-10-9-21-18(22)17(24)13-3-7-15(20)8-4-13/h1-10H,11H2. The van der Waals surface area contributed by atoms with E-state index in [1.54, 1.807) is 54.7 Å². The van der Waals surface area contributed by atoms with Crippen molar-refractivity contribution in [2.45, 2.75) is 6.54 Å². The highest BCUT2D eigenvalue weighted by Crippen LogP contribution is 2.15. The molecule has 0 aliphatic heterocycles. The highest BCUT2D eigenvalue weighted by Gasteiger charge is 2.17. The molecule has 6 heteroatoms. The molecular formula is C18H12Cl2N2O2. The Labute approximate surface area is 148 Å². The minimum Gasteiger partial charge on any atom is -0.320 e. The fourth-order valence-corrected chi connectivity index (χ4v) is 2.51. The average molecular weight is 359 g/mol. The summed E-state index contributed by atoms with van der Waals surface area (Å²) in [5, 5.41) is 1.11. The number of carbonyl (C=O) groups excluding carboxylic acids is 2.